The van der Waals surface area contributed by atoms with Crippen LogP contribution in [0.2, 0.25) is 0 Å². The van der Waals surface area contributed by atoms with Gasteiger partial charge in [-0.05, 0) is 0 Å². The summed E-state index contributed by atoms with van der Waals surface area (Å²) in [5.41, 5.74) is 0. The fourth-order valence-corrected chi connectivity index (χ4v) is 0.374. The zero-order valence-corrected chi connectivity index (χ0v) is 11.4. The van der Waals surface area contributed by atoms with Gasteiger partial charge >= 0.3 is 5.97 Å². The van der Waals surface area contributed by atoms with Crippen molar-refractivity contribution in [3.05, 3.63) is 13.4 Å². The average molecular weight is 281 g/mol. The van der Waals surface area contributed by atoms with Gasteiger partial charge in [0.25, 0.3) is 5.97 Å². The van der Waals surface area contributed by atoms with Gasteiger partial charge in [-0.3, -0.25) is 15.8 Å². The van der Waals surface area contributed by atoms with Gasteiger partial charge in [0.05, 0.1) is 0 Å². The molecule has 0 saturated carbocycles. The summed E-state index contributed by atoms with van der Waals surface area (Å²) in [7, 11) is 2.84. The molecule has 0 aromatic heterocycles. The number of thioether (sulfide) groups is 1. The average Bonchev–Trinajstić information content (AvgIpc) is 2.02. The first-order valence-electron chi connectivity index (χ1n) is 2.97. The predicted molar refractivity (Wildman–Crippen MR) is 46.7 cm³/mol. The van der Waals surface area contributed by atoms with Crippen LogP contribution in [0.1, 0.15) is 13.8 Å². The molecule has 0 heterocycles. The van der Waals surface area contributed by atoms with Crippen LogP contribution >= 0.6 is 11.8 Å². The molecule has 0 bridgehead atoms. The number of hydrogen-bond acceptors (Lipinski definition) is 5. The molecule has 75 valence electrons. The van der Waals surface area contributed by atoms with Gasteiger partial charge in [0.1, 0.15) is 5.94 Å². The van der Waals surface area contributed by atoms with E-state index in [1.807, 2.05) is 0 Å². The van der Waals surface area contributed by atoms with Crippen LogP contribution in [0, 0.1) is 13.4 Å². The number of rotatable bonds is 2. The SMILES string of the molecule is [CH2-]OC(C)=O.[CH2-]SCOC(C)=O.[Y]. The van der Waals surface area contributed by atoms with E-state index in [0.717, 1.165) is 0 Å². The Kier molecular flexibility index (Phi) is 21.8. The first-order chi connectivity index (χ1) is 5.54. The molecule has 0 aliphatic rings. The summed E-state index contributed by atoms with van der Waals surface area (Å²) in [5.74, 6) is -0.254. The normalized spacial score (nSPS) is 7.08. The molecule has 6 heteroatoms. The zero-order valence-electron chi connectivity index (χ0n) is 7.74. The van der Waals surface area contributed by atoms with Gasteiger partial charge in [0, 0.05) is 46.6 Å². The summed E-state index contributed by atoms with van der Waals surface area (Å²) < 4.78 is 8.31. The van der Waals surface area contributed by atoms with Crippen molar-refractivity contribution in [2.45, 2.75) is 13.8 Å². The topological polar surface area (TPSA) is 52.6 Å². The molecule has 0 N–H and O–H groups in total. The van der Waals surface area contributed by atoms with Crippen LogP contribution in [0.5, 0.6) is 0 Å². The Hall–Kier alpha value is 0.394. The van der Waals surface area contributed by atoms with Crippen molar-refractivity contribution in [3.8, 4) is 0 Å². The van der Waals surface area contributed by atoms with E-state index in [1.165, 1.54) is 25.6 Å². The third-order valence-corrected chi connectivity index (χ3v) is 0.833. The van der Waals surface area contributed by atoms with Crippen molar-refractivity contribution in [3.63, 3.8) is 0 Å². The molecule has 0 unspecified atom stereocenters. The fraction of sp³-hybridized carbons (Fsp3) is 0.429. The molecule has 0 saturated heterocycles. The van der Waals surface area contributed by atoms with Crippen LogP contribution in [0.25, 0.3) is 0 Å². The summed E-state index contributed by atoms with van der Waals surface area (Å²) in [6.07, 6.45) is 3.40. The predicted octanol–water partition coefficient (Wildman–Crippen LogP) is 1.37. The monoisotopic (exact) mass is 281 g/mol. The number of carbonyl (C=O) groups excluding carboxylic acids is 2. The van der Waals surface area contributed by atoms with Crippen LogP contribution in [0.4, 0.5) is 0 Å². The fourth-order valence-electron chi connectivity index (χ4n) is 0.125. The van der Waals surface area contributed by atoms with E-state index in [4.69, 9.17) is 0 Å². The third-order valence-electron chi connectivity index (χ3n) is 0.549. The van der Waals surface area contributed by atoms with Gasteiger partial charge in [0.15, 0.2) is 0 Å². The zero-order chi connectivity index (χ0) is 9.98. The molecule has 13 heavy (non-hydrogen) atoms. The molecular weight excluding hydrogens is 269 g/mol. The molecule has 0 amide bonds. The Morgan fingerprint density at radius 2 is 1.69 bits per heavy atom. The number of hydrogen-bond donors (Lipinski definition) is 0. The second-order valence-corrected chi connectivity index (χ2v) is 2.24. The van der Waals surface area contributed by atoms with Gasteiger partial charge in [-0.1, -0.05) is 0 Å². The molecular formula is C7H12O4SY-2. The van der Waals surface area contributed by atoms with Crippen molar-refractivity contribution in [2.24, 2.45) is 0 Å². The van der Waals surface area contributed by atoms with E-state index in [9.17, 15) is 9.59 Å². The summed E-state index contributed by atoms with van der Waals surface area (Å²) >= 11 is 1.24. The van der Waals surface area contributed by atoms with Crippen molar-refractivity contribution >= 4 is 23.7 Å². The molecule has 0 atom stereocenters. The largest absolute Gasteiger partial charge is 0.640 e. The molecule has 0 rings (SSSR count). The van der Waals surface area contributed by atoms with Crippen LogP contribution in [-0.4, -0.2) is 17.9 Å². The van der Waals surface area contributed by atoms with E-state index >= 15 is 0 Å². The standard InChI is InChI=1S/C4H7O2S.C3H5O2.Y/c1-4(5)6-3-7-2;1-3(4)5-2;/h2-3H2,1H3;2H2,1H3;/q2*-1;. The van der Waals surface area contributed by atoms with E-state index in [2.05, 4.69) is 22.8 Å². The van der Waals surface area contributed by atoms with Crippen molar-refractivity contribution in [1.29, 1.82) is 0 Å². The Bertz CT molecular complexity index is 140. The maximum absolute atomic E-state index is 9.94. The van der Waals surface area contributed by atoms with E-state index in [-0.39, 0.29) is 44.6 Å². The van der Waals surface area contributed by atoms with Gasteiger partial charge in [-0.2, -0.15) is 7.11 Å². The van der Waals surface area contributed by atoms with Crippen molar-refractivity contribution < 1.29 is 51.8 Å². The van der Waals surface area contributed by atoms with Crippen LogP contribution < -0.4 is 0 Å². The van der Waals surface area contributed by atoms with Gasteiger partial charge in [-0.15, -0.1) is 0 Å². The van der Waals surface area contributed by atoms with Gasteiger partial charge < -0.3 is 21.2 Å². The molecule has 0 spiro atoms. The minimum absolute atomic E-state index is 0. The molecule has 1 radical (unpaired) electrons. The summed E-state index contributed by atoms with van der Waals surface area (Å²) in [6, 6.07) is 0. The van der Waals surface area contributed by atoms with E-state index in [0.29, 0.717) is 5.94 Å². The quantitative estimate of drug-likeness (QED) is 0.435. The smallest absolute Gasteiger partial charge is 0.303 e. The Balaban J connectivity index is -0.000000150. The molecule has 0 aromatic carbocycles. The molecule has 0 aromatic rings. The molecule has 4 nitrogen and oxygen atoms in total. The molecule has 0 aliphatic heterocycles. The molecule has 0 fully saturated rings. The number of esters is 2. The van der Waals surface area contributed by atoms with Gasteiger partial charge in [0.2, 0.25) is 0 Å². The van der Waals surface area contributed by atoms with Crippen molar-refractivity contribution in [1.82, 2.24) is 0 Å². The minimum atomic E-state index is -0.356. The Morgan fingerprint density at radius 1 is 1.31 bits per heavy atom. The van der Waals surface area contributed by atoms with E-state index in [1.54, 1.807) is 0 Å². The van der Waals surface area contributed by atoms with Crippen LogP contribution in [-0.2, 0) is 51.8 Å². The molecule has 0 aliphatic carbocycles. The second-order valence-electron chi connectivity index (χ2n) is 1.59. The van der Waals surface area contributed by atoms with E-state index < -0.39 is 0 Å². The van der Waals surface area contributed by atoms with Crippen LogP contribution in [0.3, 0.4) is 0 Å². The first kappa shape index (κ1) is 19.0. The summed E-state index contributed by atoms with van der Waals surface area (Å²) in [6.45, 7) is 2.67. The van der Waals surface area contributed by atoms with Gasteiger partial charge in [-0.25, -0.2) is 0 Å². The van der Waals surface area contributed by atoms with Crippen molar-refractivity contribution in [2.75, 3.05) is 5.94 Å². The van der Waals surface area contributed by atoms with Crippen LogP contribution in [0.15, 0.2) is 0 Å². The number of carbonyl (C=O) groups is 2. The minimum Gasteiger partial charge on any atom is -0.640 e. The number of ether oxygens (including phenoxy) is 2. The third kappa shape index (κ3) is 32.8. The second kappa shape index (κ2) is 14.9. The Labute approximate surface area is 108 Å². The maximum atomic E-state index is 9.94. The summed E-state index contributed by atoms with van der Waals surface area (Å²) in [4.78, 5) is 19.5. The first-order valence-corrected chi connectivity index (χ1v) is 4.13. The maximum Gasteiger partial charge on any atom is 0.303 e. The Morgan fingerprint density at radius 3 is 1.77 bits per heavy atom. The summed E-state index contributed by atoms with van der Waals surface area (Å²) in [5, 5.41) is 0.